The van der Waals surface area contributed by atoms with Gasteiger partial charge in [-0.1, -0.05) is 34.8 Å². The Hall–Kier alpha value is -0.970. The van der Waals surface area contributed by atoms with Crippen LogP contribution in [0.5, 0.6) is 0 Å². The first-order valence-corrected chi connectivity index (χ1v) is 7.49. The summed E-state index contributed by atoms with van der Waals surface area (Å²) < 4.78 is 27.1. The second kappa shape index (κ2) is 8.25. The molecule has 0 heterocycles. The van der Waals surface area contributed by atoms with E-state index in [1.54, 1.807) is 0 Å². The van der Waals surface area contributed by atoms with Crippen LogP contribution in [-0.4, -0.2) is 17.8 Å². The zero-order valence-electron chi connectivity index (χ0n) is 10.9. The number of amides is 1. The second-order valence-electron chi connectivity index (χ2n) is 4.41. The number of hydrogen-bond acceptors (Lipinski definition) is 1. The molecule has 0 aliphatic carbocycles. The predicted molar refractivity (Wildman–Crippen MR) is 75.7 cm³/mol. The number of hydrogen-bond donors (Lipinski definition) is 1. The number of halogens is 3. The third-order valence-corrected chi connectivity index (χ3v) is 3.42. The number of carbonyl (C=O) groups is 1. The maximum Gasteiger partial charge on any atom is 0.257 e. The summed E-state index contributed by atoms with van der Waals surface area (Å²) >= 11 is 3.34. The highest BCUT2D eigenvalue weighted by Gasteiger charge is 2.18. The lowest BCUT2D eigenvalue weighted by atomic mass is 10.1. The largest absolute Gasteiger partial charge is 0.352 e. The van der Waals surface area contributed by atoms with Gasteiger partial charge in [0.25, 0.3) is 5.91 Å². The Kier molecular flexibility index (Phi) is 6.99. The lowest BCUT2D eigenvalue weighted by Gasteiger charge is -2.08. The Labute approximate surface area is 120 Å². The zero-order chi connectivity index (χ0) is 14.3. The molecule has 0 aliphatic heterocycles. The normalized spacial score (nSPS) is 10.5. The zero-order valence-corrected chi connectivity index (χ0v) is 12.5. The molecular weight excluding hydrogens is 316 g/mol. The summed E-state index contributed by atoms with van der Waals surface area (Å²) in [6, 6.07) is 2.44. The molecule has 0 aromatic heterocycles. The summed E-state index contributed by atoms with van der Waals surface area (Å²) in [6.45, 7) is 1.94. The Morgan fingerprint density at radius 1 is 1.21 bits per heavy atom. The van der Waals surface area contributed by atoms with Crippen LogP contribution in [0.1, 0.15) is 41.6 Å². The van der Waals surface area contributed by atoms with Gasteiger partial charge in [0.15, 0.2) is 0 Å². The molecule has 0 unspecified atom stereocenters. The lowest BCUT2D eigenvalue weighted by Crippen LogP contribution is -2.26. The van der Waals surface area contributed by atoms with E-state index < -0.39 is 23.1 Å². The predicted octanol–water partition coefficient (Wildman–Crippen LogP) is 3.96. The summed E-state index contributed by atoms with van der Waals surface area (Å²) in [5.41, 5.74) is -0.218. The van der Waals surface area contributed by atoms with Crippen LogP contribution in [0, 0.1) is 18.6 Å². The Balaban J connectivity index is 2.48. The van der Waals surface area contributed by atoms with Crippen molar-refractivity contribution in [1.82, 2.24) is 5.32 Å². The fourth-order valence-corrected chi connectivity index (χ4v) is 2.12. The van der Waals surface area contributed by atoms with E-state index in [2.05, 4.69) is 21.2 Å². The fraction of sp³-hybridized carbons (Fsp3) is 0.500. The second-order valence-corrected chi connectivity index (χ2v) is 5.21. The van der Waals surface area contributed by atoms with E-state index in [0.29, 0.717) is 6.54 Å². The van der Waals surface area contributed by atoms with E-state index in [1.165, 1.54) is 13.0 Å². The standard InChI is InChI=1S/C14H18BrF2NO/c1-10-6-7-11(16)12(13(10)17)14(19)18-9-5-3-2-4-8-15/h6-7H,2-5,8-9H2,1H3,(H,18,19). The van der Waals surface area contributed by atoms with Crippen molar-refractivity contribution in [3.8, 4) is 0 Å². The number of alkyl halides is 1. The SMILES string of the molecule is Cc1ccc(F)c(C(=O)NCCCCCCBr)c1F. The molecule has 1 aromatic rings. The van der Waals surface area contributed by atoms with Crippen LogP contribution < -0.4 is 5.32 Å². The first-order chi connectivity index (χ1) is 9.07. The minimum atomic E-state index is -0.820. The van der Waals surface area contributed by atoms with Gasteiger partial charge in [-0.15, -0.1) is 0 Å². The molecule has 0 saturated heterocycles. The average molecular weight is 334 g/mol. The maximum atomic E-state index is 13.7. The quantitative estimate of drug-likeness (QED) is 0.594. The van der Waals surface area contributed by atoms with Gasteiger partial charge in [0.05, 0.1) is 0 Å². The van der Waals surface area contributed by atoms with Crippen molar-refractivity contribution in [3.05, 3.63) is 34.9 Å². The van der Waals surface area contributed by atoms with E-state index in [0.717, 1.165) is 37.1 Å². The Bertz CT molecular complexity index is 438. The molecule has 0 atom stereocenters. The van der Waals surface area contributed by atoms with Crippen molar-refractivity contribution in [2.45, 2.75) is 32.6 Å². The molecule has 1 amide bonds. The number of unbranched alkanes of at least 4 members (excludes halogenated alkanes) is 3. The van der Waals surface area contributed by atoms with E-state index in [1.807, 2.05) is 0 Å². The van der Waals surface area contributed by atoms with Crippen molar-refractivity contribution < 1.29 is 13.6 Å². The van der Waals surface area contributed by atoms with Crippen LogP contribution in [0.4, 0.5) is 8.78 Å². The number of aryl methyl sites for hydroxylation is 1. The molecule has 0 spiro atoms. The van der Waals surface area contributed by atoms with Gasteiger partial charge in [0.1, 0.15) is 17.2 Å². The molecule has 1 aromatic carbocycles. The summed E-state index contributed by atoms with van der Waals surface area (Å²) in [7, 11) is 0. The molecule has 19 heavy (non-hydrogen) atoms. The van der Waals surface area contributed by atoms with Crippen molar-refractivity contribution in [2.24, 2.45) is 0 Å². The number of carbonyl (C=O) groups excluding carboxylic acids is 1. The fourth-order valence-electron chi connectivity index (χ4n) is 1.73. The molecule has 106 valence electrons. The van der Waals surface area contributed by atoms with Crippen LogP contribution in [0.15, 0.2) is 12.1 Å². The maximum absolute atomic E-state index is 13.7. The highest BCUT2D eigenvalue weighted by molar-refractivity contribution is 9.09. The van der Waals surface area contributed by atoms with Gasteiger partial charge < -0.3 is 5.32 Å². The smallest absolute Gasteiger partial charge is 0.257 e. The van der Waals surface area contributed by atoms with Crippen molar-refractivity contribution in [2.75, 3.05) is 11.9 Å². The van der Waals surface area contributed by atoms with Crippen molar-refractivity contribution >= 4 is 21.8 Å². The van der Waals surface area contributed by atoms with Crippen LogP contribution in [-0.2, 0) is 0 Å². The summed E-state index contributed by atoms with van der Waals surface area (Å²) in [5.74, 6) is -2.28. The summed E-state index contributed by atoms with van der Waals surface area (Å²) in [6.07, 6.45) is 3.97. The topological polar surface area (TPSA) is 29.1 Å². The van der Waals surface area contributed by atoms with Gasteiger partial charge in [-0.2, -0.15) is 0 Å². The molecule has 1 rings (SSSR count). The van der Waals surface area contributed by atoms with Crippen LogP contribution in [0.2, 0.25) is 0 Å². The van der Waals surface area contributed by atoms with Gasteiger partial charge >= 0.3 is 0 Å². The molecular formula is C14H18BrF2NO. The first kappa shape index (κ1) is 16.1. The lowest BCUT2D eigenvalue weighted by molar-refractivity contribution is 0.0944. The highest BCUT2D eigenvalue weighted by Crippen LogP contribution is 2.16. The molecule has 5 heteroatoms. The van der Waals surface area contributed by atoms with Gasteiger partial charge in [-0.05, 0) is 31.4 Å². The monoisotopic (exact) mass is 333 g/mol. The average Bonchev–Trinajstić information content (AvgIpc) is 2.38. The number of nitrogens with one attached hydrogen (secondary N) is 1. The van der Waals surface area contributed by atoms with E-state index in [-0.39, 0.29) is 5.56 Å². The minimum absolute atomic E-state index is 0.267. The molecule has 1 N–H and O–H groups in total. The van der Waals surface area contributed by atoms with Gasteiger partial charge in [-0.3, -0.25) is 4.79 Å². The Morgan fingerprint density at radius 2 is 1.89 bits per heavy atom. The van der Waals surface area contributed by atoms with Crippen LogP contribution in [0.25, 0.3) is 0 Å². The van der Waals surface area contributed by atoms with Gasteiger partial charge in [0, 0.05) is 11.9 Å². The number of rotatable bonds is 7. The summed E-state index contributed by atoms with van der Waals surface area (Å²) in [4.78, 5) is 11.7. The van der Waals surface area contributed by atoms with Crippen LogP contribution in [0.3, 0.4) is 0 Å². The van der Waals surface area contributed by atoms with Gasteiger partial charge in [-0.25, -0.2) is 8.78 Å². The molecule has 0 fully saturated rings. The molecule has 0 saturated carbocycles. The van der Waals surface area contributed by atoms with Crippen molar-refractivity contribution in [3.63, 3.8) is 0 Å². The van der Waals surface area contributed by atoms with Gasteiger partial charge in [0.2, 0.25) is 0 Å². The molecule has 0 bridgehead atoms. The van der Waals surface area contributed by atoms with Crippen molar-refractivity contribution in [1.29, 1.82) is 0 Å². The van der Waals surface area contributed by atoms with E-state index in [9.17, 15) is 13.6 Å². The summed E-state index contributed by atoms with van der Waals surface area (Å²) in [5, 5.41) is 3.53. The molecule has 2 nitrogen and oxygen atoms in total. The van der Waals surface area contributed by atoms with Crippen LogP contribution >= 0.6 is 15.9 Å². The number of benzene rings is 1. The third kappa shape index (κ3) is 4.90. The molecule has 0 aliphatic rings. The Morgan fingerprint density at radius 3 is 2.58 bits per heavy atom. The van der Waals surface area contributed by atoms with E-state index >= 15 is 0 Å². The third-order valence-electron chi connectivity index (χ3n) is 2.86. The minimum Gasteiger partial charge on any atom is -0.352 e. The molecule has 0 radical (unpaired) electrons. The first-order valence-electron chi connectivity index (χ1n) is 6.36. The highest BCUT2D eigenvalue weighted by atomic mass is 79.9. The van der Waals surface area contributed by atoms with E-state index in [4.69, 9.17) is 0 Å².